The van der Waals surface area contributed by atoms with Crippen LogP contribution in [0.15, 0.2) is 60.7 Å². The van der Waals surface area contributed by atoms with Gasteiger partial charge >= 0.3 is 6.18 Å². The molecule has 26 heavy (non-hydrogen) atoms. The van der Waals surface area contributed by atoms with Gasteiger partial charge in [0.15, 0.2) is 0 Å². The normalized spacial score (nSPS) is 12.0. The van der Waals surface area contributed by atoms with Gasteiger partial charge in [-0.15, -0.1) is 11.3 Å². The summed E-state index contributed by atoms with van der Waals surface area (Å²) >= 11 is 1.51. The molecular formula is C21H16F3NS. The Morgan fingerprint density at radius 2 is 1.54 bits per heavy atom. The minimum absolute atomic E-state index is 0.169. The zero-order chi connectivity index (χ0) is 18.5. The Morgan fingerprint density at radius 3 is 2.19 bits per heavy atom. The fourth-order valence-electron chi connectivity index (χ4n) is 3.28. The molecule has 0 N–H and O–H groups in total. The highest BCUT2D eigenvalue weighted by Crippen LogP contribution is 2.40. The molecule has 0 saturated carbocycles. The third-order valence-electron chi connectivity index (χ3n) is 4.52. The van der Waals surface area contributed by atoms with Crippen LogP contribution in [0.5, 0.6) is 0 Å². The molecule has 0 bridgehead atoms. The molecule has 4 rings (SSSR count). The van der Waals surface area contributed by atoms with Gasteiger partial charge in [-0.3, -0.25) is 0 Å². The van der Waals surface area contributed by atoms with E-state index in [1.807, 2.05) is 56.3 Å². The minimum Gasteiger partial charge on any atom is -0.318 e. The first-order valence-corrected chi connectivity index (χ1v) is 9.02. The van der Waals surface area contributed by atoms with E-state index in [1.165, 1.54) is 17.4 Å². The lowest BCUT2D eigenvalue weighted by molar-refractivity contribution is -0.137. The summed E-state index contributed by atoms with van der Waals surface area (Å²) in [4.78, 5) is 0.837. The van der Waals surface area contributed by atoms with Gasteiger partial charge in [-0.05, 0) is 61.2 Å². The maximum absolute atomic E-state index is 13.8. The van der Waals surface area contributed by atoms with E-state index in [-0.39, 0.29) is 5.69 Å². The van der Waals surface area contributed by atoms with Crippen molar-refractivity contribution in [2.45, 2.75) is 20.0 Å². The summed E-state index contributed by atoms with van der Waals surface area (Å²) in [5.74, 6) is 0. The van der Waals surface area contributed by atoms with Crippen molar-refractivity contribution in [2.24, 2.45) is 0 Å². The third-order valence-corrected chi connectivity index (χ3v) is 5.69. The summed E-state index contributed by atoms with van der Waals surface area (Å²) in [6.45, 7) is 3.63. The molecule has 132 valence electrons. The van der Waals surface area contributed by atoms with Crippen molar-refractivity contribution >= 4 is 21.4 Å². The van der Waals surface area contributed by atoms with Gasteiger partial charge in [-0.2, -0.15) is 13.2 Å². The fourth-order valence-corrected chi connectivity index (χ4v) is 4.34. The van der Waals surface area contributed by atoms with Crippen LogP contribution < -0.4 is 0 Å². The molecule has 2 heterocycles. The maximum Gasteiger partial charge on any atom is 0.418 e. The van der Waals surface area contributed by atoms with Gasteiger partial charge in [0.2, 0.25) is 0 Å². The van der Waals surface area contributed by atoms with Crippen LogP contribution in [0.3, 0.4) is 0 Å². The summed E-state index contributed by atoms with van der Waals surface area (Å²) in [5, 5.41) is 1.04. The second kappa shape index (κ2) is 6.02. The van der Waals surface area contributed by atoms with Crippen LogP contribution >= 0.6 is 11.3 Å². The number of halogens is 3. The summed E-state index contributed by atoms with van der Waals surface area (Å²) in [6.07, 6.45) is -4.43. The van der Waals surface area contributed by atoms with E-state index in [4.69, 9.17) is 0 Å². The van der Waals surface area contributed by atoms with Crippen LogP contribution in [0.4, 0.5) is 13.2 Å². The number of nitrogens with zero attached hydrogens (tertiary/aromatic N) is 1. The van der Waals surface area contributed by atoms with Gasteiger partial charge < -0.3 is 4.57 Å². The van der Waals surface area contributed by atoms with Crippen LogP contribution in [-0.4, -0.2) is 4.57 Å². The van der Waals surface area contributed by atoms with Gasteiger partial charge in [-0.1, -0.05) is 24.3 Å². The number of hydrogen-bond acceptors (Lipinski definition) is 1. The number of alkyl halides is 3. The van der Waals surface area contributed by atoms with Crippen molar-refractivity contribution in [1.82, 2.24) is 4.57 Å². The van der Waals surface area contributed by atoms with E-state index in [0.29, 0.717) is 5.56 Å². The van der Waals surface area contributed by atoms with Crippen LogP contribution in [0.2, 0.25) is 0 Å². The molecule has 2 aromatic carbocycles. The summed E-state index contributed by atoms with van der Waals surface area (Å²) in [5.41, 5.74) is 1.70. The lowest BCUT2D eigenvalue weighted by Crippen LogP contribution is -2.12. The molecule has 0 atom stereocenters. The first-order valence-electron chi connectivity index (χ1n) is 8.20. The zero-order valence-corrected chi connectivity index (χ0v) is 15.1. The monoisotopic (exact) mass is 371 g/mol. The molecular weight excluding hydrogens is 355 g/mol. The number of aromatic nitrogens is 1. The number of aryl methyl sites for hydroxylation is 2. The van der Waals surface area contributed by atoms with E-state index in [0.717, 1.165) is 26.4 Å². The lowest BCUT2D eigenvalue weighted by atomic mass is 10.1. The molecule has 4 aromatic rings. The standard InChI is InChI=1S/C21H16F3NS/c1-13-7-8-14(2)25(13)18-10-9-16(11-17(18)21(22,23)24)20-12-15-5-3-4-6-19(15)26-20/h3-12H,1-2H3. The molecule has 0 spiro atoms. The van der Waals surface area contributed by atoms with Crippen LogP contribution in [0.25, 0.3) is 26.2 Å². The average molecular weight is 371 g/mol. The van der Waals surface area contributed by atoms with Crippen LogP contribution in [-0.2, 0) is 6.18 Å². The molecule has 1 nitrogen and oxygen atoms in total. The summed E-state index contributed by atoms with van der Waals surface area (Å²) in [6, 6.07) is 18.0. The predicted molar refractivity (Wildman–Crippen MR) is 101 cm³/mol. The molecule has 5 heteroatoms. The first-order chi connectivity index (χ1) is 12.3. The maximum atomic E-state index is 13.8. The quantitative estimate of drug-likeness (QED) is 0.358. The molecule has 0 saturated heterocycles. The highest BCUT2D eigenvalue weighted by molar-refractivity contribution is 7.22. The highest BCUT2D eigenvalue weighted by atomic mass is 32.1. The van der Waals surface area contributed by atoms with Crippen molar-refractivity contribution in [3.05, 3.63) is 77.6 Å². The number of rotatable bonds is 2. The Balaban J connectivity index is 1.91. The van der Waals surface area contributed by atoms with E-state index in [2.05, 4.69) is 0 Å². The molecule has 0 aliphatic rings. The predicted octanol–water partition coefficient (Wildman–Crippen LogP) is 6.99. The van der Waals surface area contributed by atoms with Crippen molar-refractivity contribution in [2.75, 3.05) is 0 Å². The molecule has 0 aliphatic heterocycles. The van der Waals surface area contributed by atoms with Gasteiger partial charge in [0, 0.05) is 21.0 Å². The number of benzene rings is 2. The Bertz CT molecular complexity index is 1050. The Kier molecular flexibility index (Phi) is 3.92. The first kappa shape index (κ1) is 16.9. The summed E-state index contributed by atoms with van der Waals surface area (Å²) in [7, 11) is 0. The SMILES string of the molecule is Cc1ccc(C)n1-c1ccc(-c2cc3ccccc3s2)cc1C(F)(F)F. The molecule has 0 radical (unpaired) electrons. The Labute approximate surface area is 153 Å². The van der Waals surface area contributed by atoms with Gasteiger partial charge in [-0.25, -0.2) is 0 Å². The van der Waals surface area contributed by atoms with Gasteiger partial charge in [0.25, 0.3) is 0 Å². The molecule has 0 aliphatic carbocycles. The van der Waals surface area contributed by atoms with Crippen molar-refractivity contribution in [1.29, 1.82) is 0 Å². The average Bonchev–Trinajstić information content (AvgIpc) is 3.17. The van der Waals surface area contributed by atoms with Gasteiger partial charge in [0.05, 0.1) is 11.3 Å². The van der Waals surface area contributed by atoms with E-state index in [1.54, 1.807) is 16.7 Å². The van der Waals surface area contributed by atoms with E-state index >= 15 is 0 Å². The Morgan fingerprint density at radius 1 is 0.846 bits per heavy atom. The topological polar surface area (TPSA) is 4.93 Å². The largest absolute Gasteiger partial charge is 0.418 e. The smallest absolute Gasteiger partial charge is 0.318 e. The van der Waals surface area contributed by atoms with Crippen molar-refractivity contribution < 1.29 is 13.2 Å². The van der Waals surface area contributed by atoms with Crippen LogP contribution in [0, 0.1) is 13.8 Å². The van der Waals surface area contributed by atoms with E-state index < -0.39 is 11.7 Å². The second-order valence-electron chi connectivity index (χ2n) is 6.33. The lowest BCUT2D eigenvalue weighted by Gasteiger charge is -2.18. The van der Waals surface area contributed by atoms with Crippen molar-refractivity contribution in [3.8, 4) is 16.1 Å². The zero-order valence-electron chi connectivity index (χ0n) is 14.3. The third kappa shape index (κ3) is 2.82. The van der Waals surface area contributed by atoms with Crippen molar-refractivity contribution in [3.63, 3.8) is 0 Å². The molecule has 0 unspecified atom stereocenters. The number of hydrogen-bond donors (Lipinski definition) is 0. The molecule has 0 fully saturated rings. The molecule has 0 amide bonds. The second-order valence-corrected chi connectivity index (χ2v) is 7.41. The fraction of sp³-hybridized carbons (Fsp3) is 0.143. The van der Waals surface area contributed by atoms with Crippen LogP contribution in [0.1, 0.15) is 17.0 Å². The minimum atomic E-state index is -4.43. The summed E-state index contributed by atoms with van der Waals surface area (Å²) < 4.78 is 44.1. The van der Waals surface area contributed by atoms with Gasteiger partial charge in [0.1, 0.15) is 0 Å². The number of thiophene rings is 1. The number of fused-ring (bicyclic) bond motifs is 1. The van der Waals surface area contributed by atoms with E-state index in [9.17, 15) is 13.2 Å². The Hall–Kier alpha value is -2.53. The molecule has 2 aromatic heterocycles. The highest BCUT2D eigenvalue weighted by Gasteiger charge is 2.35.